The quantitative estimate of drug-likeness (QED) is 0.375. The Labute approximate surface area is 196 Å². The van der Waals surface area contributed by atoms with Crippen LogP contribution >= 0.6 is 0 Å². The zero-order valence-corrected chi connectivity index (χ0v) is 19.9. The third-order valence-electron chi connectivity index (χ3n) is 7.74. The first-order chi connectivity index (χ1) is 15.8. The number of rotatable bonds is 8. The van der Waals surface area contributed by atoms with Gasteiger partial charge in [0.1, 0.15) is 12.1 Å². The molecule has 0 spiro atoms. The van der Waals surface area contributed by atoms with E-state index in [2.05, 4.69) is 16.2 Å². The van der Waals surface area contributed by atoms with E-state index < -0.39 is 41.9 Å². The molecule has 0 bridgehead atoms. The number of fused-ring (bicyclic) bond motifs is 1. The number of hydrazine groups is 1. The molecule has 3 aliphatic rings. The minimum absolute atomic E-state index is 0.0345. The van der Waals surface area contributed by atoms with Gasteiger partial charge in [0.05, 0.1) is 5.92 Å². The van der Waals surface area contributed by atoms with E-state index in [9.17, 15) is 32.3 Å². The smallest absolute Gasteiger partial charge is 0.356 e. The van der Waals surface area contributed by atoms with Gasteiger partial charge in [0, 0.05) is 19.6 Å². The maximum Gasteiger partial charge on any atom is 0.471 e. The molecule has 4 N–H and O–H groups in total. The lowest BCUT2D eigenvalue weighted by atomic mass is 9.95. The Morgan fingerprint density at radius 2 is 1.94 bits per heavy atom. The summed E-state index contributed by atoms with van der Waals surface area (Å²) in [5, 5.41) is 4.61. The molecule has 9 nitrogen and oxygen atoms in total. The molecule has 3 fully saturated rings. The fraction of sp³-hybridized carbons (Fsp3) is 0.818. The summed E-state index contributed by atoms with van der Waals surface area (Å²) < 4.78 is 38.6. The molecule has 2 saturated heterocycles. The van der Waals surface area contributed by atoms with Gasteiger partial charge >= 0.3 is 12.1 Å². The minimum Gasteiger partial charge on any atom is -0.356 e. The zero-order valence-electron chi connectivity index (χ0n) is 19.9. The summed E-state index contributed by atoms with van der Waals surface area (Å²) >= 11 is 0. The van der Waals surface area contributed by atoms with Crippen molar-refractivity contribution in [3.63, 3.8) is 0 Å². The Morgan fingerprint density at radius 3 is 2.53 bits per heavy atom. The first-order valence-electron chi connectivity index (χ1n) is 11.8. The maximum absolute atomic E-state index is 13.4. The van der Waals surface area contributed by atoms with Gasteiger partial charge in [-0.15, -0.1) is 0 Å². The van der Waals surface area contributed by atoms with Gasteiger partial charge in [0.2, 0.25) is 11.8 Å². The van der Waals surface area contributed by atoms with Gasteiger partial charge in [-0.25, -0.2) is 5.43 Å². The van der Waals surface area contributed by atoms with Crippen molar-refractivity contribution in [1.29, 1.82) is 0 Å². The highest BCUT2D eigenvalue weighted by Crippen LogP contribution is 2.64. The van der Waals surface area contributed by atoms with Crippen LogP contribution in [0.4, 0.5) is 13.2 Å². The Hall–Kier alpha value is -2.37. The largest absolute Gasteiger partial charge is 0.471 e. The van der Waals surface area contributed by atoms with E-state index in [1.165, 1.54) is 4.90 Å². The Kier molecular flexibility index (Phi) is 7.49. The fourth-order valence-electron chi connectivity index (χ4n) is 5.26. The summed E-state index contributed by atoms with van der Waals surface area (Å²) in [6, 6.07) is -2.27. The number of amides is 4. The number of nitrogens with one attached hydrogen (secondary N) is 4. The molecule has 12 heteroatoms. The predicted octanol–water partition coefficient (Wildman–Crippen LogP) is 0.710. The van der Waals surface area contributed by atoms with Crippen molar-refractivity contribution < 1.29 is 32.3 Å². The second-order valence-electron chi connectivity index (χ2n) is 10.2. The predicted molar refractivity (Wildman–Crippen MR) is 116 cm³/mol. The normalized spacial score (nSPS) is 29.5. The first kappa shape index (κ1) is 26.2. The van der Waals surface area contributed by atoms with Crippen LogP contribution in [0.3, 0.4) is 0 Å². The molecule has 6 atom stereocenters. The van der Waals surface area contributed by atoms with Gasteiger partial charge in [-0.2, -0.15) is 13.2 Å². The molecular formula is C22H34F3N5O4. The Balaban J connectivity index is 1.71. The molecule has 34 heavy (non-hydrogen) atoms. The molecular weight excluding hydrogens is 455 g/mol. The number of halogens is 3. The monoisotopic (exact) mass is 489 g/mol. The summed E-state index contributed by atoms with van der Waals surface area (Å²) in [6.07, 6.45) is -3.22. The number of piperidine rings is 2. The van der Waals surface area contributed by atoms with Crippen molar-refractivity contribution in [2.75, 3.05) is 19.6 Å². The van der Waals surface area contributed by atoms with Crippen LogP contribution in [0.5, 0.6) is 0 Å². The van der Waals surface area contributed by atoms with E-state index in [1.807, 2.05) is 19.2 Å². The van der Waals surface area contributed by atoms with Gasteiger partial charge in [-0.05, 0) is 36.0 Å². The van der Waals surface area contributed by atoms with Crippen molar-refractivity contribution in [1.82, 2.24) is 26.4 Å². The number of carbonyl (C=O) groups excluding carboxylic acids is 4. The highest BCUT2D eigenvalue weighted by Gasteiger charge is 2.69. The lowest BCUT2D eigenvalue weighted by Gasteiger charge is -2.35. The molecule has 0 radical (unpaired) electrons. The van der Waals surface area contributed by atoms with Crippen LogP contribution in [-0.4, -0.2) is 66.4 Å². The molecule has 0 unspecified atom stereocenters. The molecule has 4 amide bonds. The molecule has 0 aromatic carbocycles. The molecule has 1 aliphatic carbocycles. The molecule has 2 aliphatic heterocycles. The van der Waals surface area contributed by atoms with E-state index >= 15 is 0 Å². The van der Waals surface area contributed by atoms with Gasteiger partial charge in [-0.3, -0.25) is 24.6 Å². The molecule has 0 aromatic rings. The lowest BCUT2D eigenvalue weighted by Crippen LogP contribution is -2.60. The summed E-state index contributed by atoms with van der Waals surface area (Å²) in [6.45, 7) is 8.36. The highest BCUT2D eigenvalue weighted by molar-refractivity contribution is 5.94. The van der Waals surface area contributed by atoms with Crippen molar-refractivity contribution in [3.05, 3.63) is 0 Å². The van der Waals surface area contributed by atoms with Crippen LogP contribution in [0.2, 0.25) is 0 Å². The SMILES string of the molecule is CC[C@H](C)[C@H](NC(=O)C(F)(F)F)C(=O)N1C[C@H]2[C@@H]([C@H]1C(=O)NNC[C@@H]1CCCNC1=O)C2(C)C. The van der Waals surface area contributed by atoms with Gasteiger partial charge < -0.3 is 15.5 Å². The number of hydrogen-bond donors (Lipinski definition) is 4. The first-order valence-corrected chi connectivity index (χ1v) is 11.8. The van der Waals surface area contributed by atoms with Crippen LogP contribution in [0.15, 0.2) is 0 Å². The second-order valence-corrected chi connectivity index (χ2v) is 10.2. The molecule has 192 valence electrons. The van der Waals surface area contributed by atoms with Crippen molar-refractivity contribution in [2.24, 2.45) is 29.1 Å². The molecule has 3 rings (SSSR count). The lowest BCUT2D eigenvalue weighted by molar-refractivity contribution is -0.175. The van der Waals surface area contributed by atoms with E-state index in [1.54, 1.807) is 13.8 Å². The van der Waals surface area contributed by atoms with Gasteiger partial charge in [0.25, 0.3) is 5.91 Å². The number of alkyl halides is 3. The van der Waals surface area contributed by atoms with E-state index in [0.29, 0.717) is 19.4 Å². The van der Waals surface area contributed by atoms with Crippen molar-refractivity contribution in [2.45, 2.75) is 65.2 Å². The highest BCUT2D eigenvalue weighted by atomic mass is 19.4. The molecule has 1 saturated carbocycles. The van der Waals surface area contributed by atoms with Crippen LogP contribution in [0, 0.1) is 29.1 Å². The number of hydrogen-bond acceptors (Lipinski definition) is 5. The topological polar surface area (TPSA) is 120 Å². The standard InChI is InChI=1S/C22H34F3N5O4/c1-5-11(2)15(28-20(34)22(23,24)25)19(33)30-10-13-14(21(13,3)4)16(30)18(32)29-27-9-12-7-6-8-26-17(12)31/h11-16,27H,5-10H2,1-4H3,(H,26,31)(H,28,34)(H,29,32)/t11-,12-,13-,14-,15-,16-/m0/s1. The summed E-state index contributed by atoms with van der Waals surface area (Å²) in [4.78, 5) is 51.3. The summed E-state index contributed by atoms with van der Waals surface area (Å²) in [7, 11) is 0. The van der Waals surface area contributed by atoms with Gasteiger partial charge in [0.15, 0.2) is 0 Å². The van der Waals surface area contributed by atoms with Crippen molar-refractivity contribution in [3.8, 4) is 0 Å². The number of nitrogens with zero attached hydrogens (tertiary/aromatic N) is 1. The minimum atomic E-state index is -5.12. The second kappa shape index (κ2) is 9.71. The van der Waals surface area contributed by atoms with Crippen LogP contribution in [0.1, 0.15) is 47.0 Å². The van der Waals surface area contributed by atoms with E-state index in [4.69, 9.17) is 0 Å². The molecule has 2 heterocycles. The fourth-order valence-corrected chi connectivity index (χ4v) is 5.26. The third kappa shape index (κ3) is 5.16. The molecule has 0 aromatic heterocycles. The van der Waals surface area contributed by atoms with Crippen molar-refractivity contribution >= 4 is 23.6 Å². The van der Waals surface area contributed by atoms with Crippen LogP contribution in [0.25, 0.3) is 0 Å². The third-order valence-corrected chi connectivity index (χ3v) is 7.74. The zero-order chi connectivity index (χ0) is 25.4. The Morgan fingerprint density at radius 1 is 1.26 bits per heavy atom. The number of likely N-dealkylation sites (tertiary alicyclic amines) is 1. The maximum atomic E-state index is 13.4. The van der Waals surface area contributed by atoms with Crippen LogP contribution < -0.4 is 21.5 Å². The number of carbonyl (C=O) groups is 4. The average Bonchev–Trinajstić information content (AvgIpc) is 3.11. The van der Waals surface area contributed by atoms with Gasteiger partial charge in [-0.1, -0.05) is 34.1 Å². The summed E-state index contributed by atoms with van der Waals surface area (Å²) in [5.74, 6) is -4.40. The van der Waals surface area contributed by atoms with E-state index in [0.717, 1.165) is 6.42 Å². The van der Waals surface area contributed by atoms with Crippen LogP contribution in [-0.2, 0) is 19.2 Å². The van der Waals surface area contributed by atoms with E-state index in [-0.39, 0.29) is 42.2 Å². The summed E-state index contributed by atoms with van der Waals surface area (Å²) in [5.41, 5.74) is 5.18. The average molecular weight is 490 g/mol. The Bertz CT molecular complexity index is 834.